The zero-order valence-corrected chi connectivity index (χ0v) is 57.6. The molecule has 2 atom stereocenters. The third-order valence-corrected chi connectivity index (χ3v) is 18.1. The normalized spacial score (nSPS) is 12.7. The van der Waals surface area contributed by atoms with Crippen molar-refractivity contribution in [3.05, 3.63) is 36.5 Å². The van der Waals surface area contributed by atoms with Gasteiger partial charge in [0.25, 0.3) is 0 Å². The first-order valence-electron chi connectivity index (χ1n) is 38.8. The quantitative estimate of drug-likeness (QED) is 0.0320. The molecular formula is C79H151NO5. The lowest BCUT2D eigenvalue weighted by Crippen LogP contribution is -2.45. The molecule has 0 radical (unpaired) electrons. The maximum absolute atomic E-state index is 12.5. The fourth-order valence-electron chi connectivity index (χ4n) is 12.2. The SMILES string of the molecule is CCCCCCCCC/C=C\CCCCCCCCCC(=O)OCCCCCCCCCCCCCC/C=C\CCCCCCCCCCCCC(=O)NC(CO)C(O)/C=C/CCCCCCCCCCCCCCCCCCCCCCCC. The van der Waals surface area contributed by atoms with Crippen molar-refractivity contribution in [1.29, 1.82) is 0 Å². The van der Waals surface area contributed by atoms with Crippen molar-refractivity contribution in [2.24, 2.45) is 0 Å². The van der Waals surface area contributed by atoms with E-state index >= 15 is 0 Å². The molecule has 0 aromatic rings. The summed E-state index contributed by atoms with van der Waals surface area (Å²) in [5.74, 6) is -0.0534. The number of carbonyl (C=O) groups is 2. The van der Waals surface area contributed by atoms with E-state index in [9.17, 15) is 19.8 Å². The summed E-state index contributed by atoms with van der Waals surface area (Å²) in [6.07, 6.45) is 96.8. The third-order valence-electron chi connectivity index (χ3n) is 18.1. The number of amides is 1. The van der Waals surface area contributed by atoms with Gasteiger partial charge in [0.05, 0.1) is 25.4 Å². The second-order valence-corrected chi connectivity index (χ2v) is 26.7. The Morgan fingerprint density at radius 3 is 0.835 bits per heavy atom. The Labute approximate surface area is 532 Å². The minimum Gasteiger partial charge on any atom is -0.466 e. The van der Waals surface area contributed by atoms with E-state index < -0.39 is 12.1 Å². The summed E-state index contributed by atoms with van der Waals surface area (Å²) in [6.45, 7) is 4.94. The van der Waals surface area contributed by atoms with Gasteiger partial charge in [0.1, 0.15) is 0 Å². The Balaban J connectivity index is 3.41. The van der Waals surface area contributed by atoms with E-state index in [1.165, 1.54) is 360 Å². The van der Waals surface area contributed by atoms with Crippen LogP contribution in [-0.4, -0.2) is 47.4 Å². The van der Waals surface area contributed by atoms with Gasteiger partial charge in [-0.05, 0) is 83.5 Å². The lowest BCUT2D eigenvalue weighted by Gasteiger charge is -2.20. The van der Waals surface area contributed by atoms with Crippen LogP contribution in [0.1, 0.15) is 431 Å². The summed E-state index contributed by atoms with van der Waals surface area (Å²) < 4.78 is 5.51. The van der Waals surface area contributed by atoms with E-state index in [1.807, 2.05) is 6.08 Å². The van der Waals surface area contributed by atoms with Crippen LogP contribution >= 0.6 is 0 Å². The highest BCUT2D eigenvalue weighted by Gasteiger charge is 2.18. The number of carbonyl (C=O) groups excluding carboxylic acids is 2. The number of unbranched alkanes of at least 4 members (excludes halogenated alkanes) is 58. The van der Waals surface area contributed by atoms with E-state index in [-0.39, 0.29) is 18.5 Å². The summed E-state index contributed by atoms with van der Waals surface area (Å²) in [5, 5.41) is 23.3. The average Bonchev–Trinajstić information content (AvgIpc) is 3.51. The summed E-state index contributed by atoms with van der Waals surface area (Å²) in [5.41, 5.74) is 0. The molecule has 0 aliphatic heterocycles. The van der Waals surface area contributed by atoms with Gasteiger partial charge in [-0.1, -0.05) is 371 Å². The van der Waals surface area contributed by atoms with Crippen molar-refractivity contribution in [2.75, 3.05) is 13.2 Å². The molecule has 0 rings (SSSR count). The molecular weight excluding hydrogens is 1040 g/mol. The third kappa shape index (κ3) is 71.0. The largest absolute Gasteiger partial charge is 0.466 e. The number of aliphatic hydroxyl groups is 2. The van der Waals surface area contributed by atoms with Gasteiger partial charge in [-0.2, -0.15) is 0 Å². The predicted octanol–water partition coefficient (Wildman–Crippen LogP) is 25.4. The van der Waals surface area contributed by atoms with Gasteiger partial charge < -0.3 is 20.3 Å². The van der Waals surface area contributed by atoms with E-state index in [4.69, 9.17) is 4.74 Å². The number of hydrogen-bond acceptors (Lipinski definition) is 5. The van der Waals surface area contributed by atoms with Crippen LogP contribution in [0.2, 0.25) is 0 Å². The molecule has 0 aromatic heterocycles. The predicted molar refractivity (Wildman–Crippen MR) is 375 cm³/mol. The highest BCUT2D eigenvalue weighted by Crippen LogP contribution is 2.19. The van der Waals surface area contributed by atoms with Gasteiger partial charge in [0, 0.05) is 12.8 Å². The van der Waals surface area contributed by atoms with Crippen LogP contribution in [0.15, 0.2) is 36.5 Å². The molecule has 0 heterocycles. The second kappa shape index (κ2) is 74.5. The first-order valence-corrected chi connectivity index (χ1v) is 38.8. The standard InChI is InChI=1S/C79H151NO5/c1-3-5-7-9-11-13-15-17-19-21-23-24-25-30-33-36-39-43-47-51-55-59-63-67-71-77(82)76(75-81)80-78(83)72-68-64-60-56-52-48-44-40-37-34-31-28-26-27-29-32-35-38-42-46-50-54-58-62-66-70-74-85-79(84)73-69-65-61-57-53-49-45-41-22-20-18-16-14-12-10-8-6-4-2/h20,22,26,28,67,71,76-77,81-82H,3-19,21,23-25,27,29-66,68-70,72-75H2,1-2H3,(H,80,83)/b22-20-,28-26-,71-67+. The van der Waals surface area contributed by atoms with Gasteiger partial charge in [-0.25, -0.2) is 0 Å². The fourth-order valence-corrected chi connectivity index (χ4v) is 12.2. The average molecular weight is 1200 g/mol. The Morgan fingerprint density at radius 2 is 0.553 bits per heavy atom. The monoisotopic (exact) mass is 1190 g/mol. The smallest absolute Gasteiger partial charge is 0.305 e. The lowest BCUT2D eigenvalue weighted by molar-refractivity contribution is -0.143. The van der Waals surface area contributed by atoms with Gasteiger partial charge in [-0.15, -0.1) is 0 Å². The van der Waals surface area contributed by atoms with Crippen molar-refractivity contribution in [2.45, 2.75) is 443 Å². The topological polar surface area (TPSA) is 95.9 Å². The molecule has 2 unspecified atom stereocenters. The summed E-state index contributed by atoms with van der Waals surface area (Å²) in [6, 6.07) is -0.631. The van der Waals surface area contributed by atoms with Crippen molar-refractivity contribution in [1.82, 2.24) is 5.32 Å². The number of ether oxygens (including phenoxy) is 1. The number of rotatable bonds is 73. The first-order chi connectivity index (χ1) is 42.0. The van der Waals surface area contributed by atoms with Crippen LogP contribution in [-0.2, 0) is 14.3 Å². The molecule has 502 valence electrons. The van der Waals surface area contributed by atoms with Gasteiger partial charge in [0.2, 0.25) is 5.91 Å². The second-order valence-electron chi connectivity index (χ2n) is 26.7. The van der Waals surface area contributed by atoms with Crippen molar-refractivity contribution < 1.29 is 24.5 Å². The minimum absolute atomic E-state index is 0.0119. The van der Waals surface area contributed by atoms with Crippen molar-refractivity contribution in [3.63, 3.8) is 0 Å². The van der Waals surface area contributed by atoms with Crippen molar-refractivity contribution >= 4 is 11.9 Å². The molecule has 3 N–H and O–H groups in total. The summed E-state index contributed by atoms with van der Waals surface area (Å²) in [4.78, 5) is 24.7. The van der Waals surface area contributed by atoms with Gasteiger partial charge in [-0.3, -0.25) is 9.59 Å². The van der Waals surface area contributed by atoms with E-state index in [0.29, 0.717) is 19.4 Å². The number of hydrogen-bond donors (Lipinski definition) is 3. The van der Waals surface area contributed by atoms with E-state index in [1.54, 1.807) is 6.08 Å². The molecule has 6 heteroatoms. The Hall–Kier alpha value is -1.92. The molecule has 0 aromatic carbocycles. The molecule has 0 saturated heterocycles. The number of aliphatic hydroxyl groups excluding tert-OH is 2. The Morgan fingerprint density at radius 1 is 0.318 bits per heavy atom. The molecule has 0 bridgehead atoms. The molecule has 0 spiro atoms. The molecule has 0 aliphatic rings. The molecule has 0 aliphatic carbocycles. The minimum atomic E-state index is -0.848. The van der Waals surface area contributed by atoms with Crippen LogP contribution < -0.4 is 5.32 Å². The summed E-state index contributed by atoms with van der Waals surface area (Å²) in [7, 11) is 0. The number of nitrogens with one attached hydrogen (secondary N) is 1. The number of allylic oxidation sites excluding steroid dienone is 5. The van der Waals surface area contributed by atoms with Crippen LogP contribution in [0.3, 0.4) is 0 Å². The lowest BCUT2D eigenvalue weighted by atomic mass is 10.0. The van der Waals surface area contributed by atoms with Crippen LogP contribution in [0.25, 0.3) is 0 Å². The molecule has 6 nitrogen and oxygen atoms in total. The molecule has 1 amide bonds. The highest BCUT2D eigenvalue weighted by atomic mass is 16.5. The first kappa shape index (κ1) is 83.1. The van der Waals surface area contributed by atoms with Crippen LogP contribution in [0.4, 0.5) is 0 Å². The van der Waals surface area contributed by atoms with Crippen LogP contribution in [0.5, 0.6) is 0 Å². The number of esters is 1. The Kier molecular flexibility index (Phi) is 72.9. The molecule has 0 fully saturated rings. The van der Waals surface area contributed by atoms with Crippen molar-refractivity contribution in [3.8, 4) is 0 Å². The molecule has 85 heavy (non-hydrogen) atoms. The zero-order chi connectivity index (χ0) is 61.3. The van der Waals surface area contributed by atoms with Crippen LogP contribution in [0, 0.1) is 0 Å². The zero-order valence-electron chi connectivity index (χ0n) is 57.6. The van der Waals surface area contributed by atoms with E-state index in [0.717, 1.165) is 44.9 Å². The highest BCUT2D eigenvalue weighted by molar-refractivity contribution is 5.76. The Bertz CT molecular complexity index is 1380. The van der Waals surface area contributed by atoms with E-state index in [2.05, 4.69) is 43.5 Å². The summed E-state index contributed by atoms with van der Waals surface area (Å²) >= 11 is 0. The van der Waals surface area contributed by atoms with Gasteiger partial charge >= 0.3 is 5.97 Å². The molecule has 0 saturated carbocycles. The maximum atomic E-state index is 12.5. The maximum Gasteiger partial charge on any atom is 0.305 e. The fraction of sp³-hybridized carbons (Fsp3) is 0.899. The van der Waals surface area contributed by atoms with Gasteiger partial charge in [0.15, 0.2) is 0 Å².